The van der Waals surface area contributed by atoms with Gasteiger partial charge in [-0.05, 0) is 35.1 Å². The van der Waals surface area contributed by atoms with Gasteiger partial charge in [-0.2, -0.15) is 0 Å². The topological polar surface area (TPSA) is 73.0 Å². The van der Waals surface area contributed by atoms with Gasteiger partial charge in [0.25, 0.3) is 6.43 Å². The van der Waals surface area contributed by atoms with E-state index in [-0.39, 0.29) is 14.2 Å². The predicted octanol–water partition coefficient (Wildman–Crippen LogP) is 1.58. The molecule has 1 rings (SSSR count). The highest BCUT2D eigenvalue weighted by molar-refractivity contribution is 14.1. The third-order valence-corrected chi connectivity index (χ3v) is 4.05. The number of sulfonamides is 1. The van der Waals surface area contributed by atoms with Crippen LogP contribution in [-0.2, 0) is 10.0 Å². The van der Waals surface area contributed by atoms with Crippen molar-refractivity contribution in [1.82, 2.24) is 4.98 Å². The quantitative estimate of drug-likeness (QED) is 0.652. The van der Waals surface area contributed by atoms with Crippen LogP contribution in [0.2, 0.25) is 0 Å². The Morgan fingerprint density at radius 2 is 2.07 bits per heavy atom. The molecule has 1 aromatic rings. The van der Waals surface area contributed by atoms with E-state index < -0.39 is 22.0 Å². The van der Waals surface area contributed by atoms with Gasteiger partial charge in [0.2, 0.25) is 10.0 Å². The average Bonchev–Trinajstić information content (AvgIpc) is 2.00. The molecule has 84 valence electrons. The summed E-state index contributed by atoms with van der Waals surface area (Å²) in [7, 11) is -4.02. The summed E-state index contributed by atoms with van der Waals surface area (Å²) < 4.78 is 47.3. The van der Waals surface area contributed by atoms with E-state index in [1.54, 1.807) is 22.6 Å². The first-order valence-corrected chi connectivity index (χ1v) is 6.33. The number of aromatic nitrogens is 1. The molecule has 2 N–H and O–H groups in total. The number of primary sulfonamides is 1. The molecule has 0 radical (unpaired) electrons. The lowest BCUT2D eigenvalue weighted by molar-refractivity contribution is 0.149. The number of nitrogens with two attached hydrogens (primary N) is 1. The lowest BCUT2D eigenvalue weighted by Crippen LogP contribution is -2.17. The minimum Gasteiger partial charge on any atom is -0.248 e. The fourth-order valence-electron chi connectivity index (χ4n) is 1.12. The van der Waals surface area contributed by atoms with Gasteiger partial charge < -0.3 is 0 Å². The summed E-state index contributed by atoms with van der Waals surface area (Å²) in [6, 6.07) is 0. The normalized spacial score (nSPS) is 12.1. The fraction of sp³-hybridized carbons (Fsp3) is 0.286. The van der Waals surface area contributed by atoms with Gasteiger partial charge in [0.1, 0.15) is 8.60 Å². The van der Waals surface area contributed by atoms with Gasteiger partial charge in [-0.3, -0.25) is 0 Å². The molecule has 0 fully saturated rings. The molecule has 0 aromatic carbocycles. The number of hydrogen-bond donors (Lipinski definition) is 1. The molecule has 0 saturated heterocycles. The van der Waals surface area contributed by atoms with Crippen molar-refractivity contribution >= 4 is 32.6 Å². The number of rotatable bonds is 2. The summed E-state index contributed by atoms with van der Waals surface area (Å²) in [5.41, 5.74) is -0.466. The Morgan fingerprint density at radius 1 is 1.53 bits per heavy atom. The lowest BCUT2D eigenvalue weighted by Gasteiger charge is -2.09. The lowest BCUT2D eigenvalue weighted by atomic mass is 10.2. The summed E-state index contributed by atoms with van der Waals surface area (Å²) in [4.78, 5) is 3.24. The van der Waals surface area contributed by atoms with Crippen LogP contribution in [-0.4, -0.2) is 13.4 Å². The highest BCUT2D eigenvalue weighted by Crippen LogP contribution is 2.28. The van der Waals surface area contributed by atoms with Gasteiger partial charge in [-0.25, -0.2) is 27.3 Å². The Kier molecular flexibility index (Phi) is 3.61. The van der Waals surface area contributed by atoms with Crippen molar-refractivity contribution in [3.05, 3.63) is 21.0 Å². The van der Waals surface area contributed by atoms with Crippen molar-refractivity contribution < 1.29 is 17.2 Å². The first-order chi connectivity index (χ1) is 6.75. The van der Waals surface area contributed by atoms with Crippen molar-refractivity contribution in [1.29, 1.82) is 0 Å². The molecule has 0 unspecified atom stereocenters. The van der Waals surface area contributed by atoms with Crippen LogP contribution in [0.4, 0.5) is 8.78 Å². The minimum absolute atomic E-state index is 0.0492. The first kappa shape index (κ1) is 12.7. The van der Waals surface area contributed by atoms with E-state index in [9.17, 15) is 17.2 Å². The van der Waals surface area contributed by atoms with Crippen molar-refractivity contribution in [2.75, 3.05) is 0 Å². The summed E-state index contributed by atoms with van der Waals surface area (Å²) in [6.45, 7) is 1.28. The summed E-state index contributed by atoms with van der Waals surface area (Å²) in [6.07, 6.45) is -1.81. The molecule has 0 spiro atoms. The highest BCUT2D eigenvalue weighted by Gasteiger charge is 2.22. The van der Waals surface area contributed by atoms with Crippen LogP contribution in [0, 0.1) is 10.6 Å². The van der Waals surface area contributed by atoms with E-state index in [0.717, 1.165) is 6.20 Å². The van der Waals surface area contributed by atoms with Crippen LogP contribution in [0.5, 0.6) is 0 Å². The fourth-order valence-corrected chi connectivity index (χ4v) is 3.41. The van der Waals surface area contributed by atoms with Crippen molar-refractivity contribution in [2.45, 2.75) is 18.2 Å². The molecule has 8 heteroatoms. The Hall–Kier alpha value is -0.350. The highest BCUT2D eigenvalue weighted by atomic mass is 127. The SMILES string of the molecule is Cc1c(C(F)F)cnc(I)c1S(N)(=O)=O. The zero-order valence-corrected chi connectivity index (χ0v) is 10.5. The Morgan fingerprint density at radius 3 is 2.47 bits per heavy atom. The summed E-state index contributed by atoms with van der Waals surface area (Å²) in [5, 5.41) is 4.91. The van der Waals surface area contributed by atoms with Gasteiger partial charge in [-0.15, -0.1) is 0 Å². The Labute approximate surface area is 99.1 Å². The molecule has 0 amide bonds. The van der Waals surface area contributed by atoms with Crippen molar-refractivity contribution in [3.8, 4) is 0 Å². The third-order valence-electron chi connectivity index (χ3n) is 1.80. The van der Waals surface area contributed by atoms with Gasteiger partial charge >= 0.3 is 0 Å². The second kappa shape index (κ2) is 4.26. The van der Waals surface area contributed by atoms with E-state index in [1.807, 2.05) is 0 Å². The van der Waals surface area contributed by atoms with E-state index in [1.165, 1.54) is 6.92 Å². The zero-order valence-electron chi connectivity index (χ0n) is 7.54. The minimum atomic E-state index is -4.02. The molecule has 0 aliphatic rings. The van der Waals surface area contributed by atoms with E-state index >= 15 is 0 Å². The molecule has 15 heavy (non-hydrogen) atoms. The number of pyridine rings is 1. The number of hydrogen-bond acceptors (Lipinski definition) is 3. The summed E-state index contributed by atoms with van der Waals surface area (Å²) in [5.74, 6) is 0. The summed E-state index contributed by atoms with van der Waals surface area (Å²) >= 11 is 1.64. The van der Waals surface area contributed by atoms with Crippen LogP contribution < -0.4 is 5.14 Å². The Balaban J connectivity index is 3.59. The molecule has 0 aliphatic carbocycles. The third kappa shape index (κ3) is 2.61. The molecule has 1 heterocycles. The first-order valence-electron chi connectivity index (χ1n) is 3.71. The van der Waals surface area contributed by atoms with Crippen molar-refractivity contribution in [2.24, 2.45) is 5.14 Å². The molecule has 0 atom stereocenters. The van der Waals surface area contributed by atoms with Gasteiger partial charge in [0, 0.05) is 11.8 Å². The molecular weight excluding hydrogens is 341 g/mol. The second-order valence-electron chi connectivity index (χ2n) is 2.80. The van der Waals surface area contributed by atoms with Crippen LogP contribution in [0.15, 0.2) is 11.1 Å². The second-order valence-corrected chi connectivity index (χ2v) is 5.32. The largest absolute Gasteiger partial charge is 0.265 e. The number of nitrogens with zero attached hydrogens (tertiary/aromatic N) is 1. The average molecular weight is 348 g/mol. The maximum atomic E-state index is 12.4. The zero-order chi connectivity index (χ0) is 11.8. The molecule has 0 aliphatic heterocycles. The monoisotopic (exact) mass is 348 g/mol. The van der Waals surface area contributed by atoms with Crippen LogP contribution >= 0.6 is 22.6 Å². The van der Waals surface area contributed by atoms with Crippen LogP contribution in [0.3, 0.4) is 0 Å². The number of halogens is 3. The molecule has 1 aromatic heterocycles. The van der Waals surface area contributed by atoms with E-state index in [4.69, 9.17) is 5.14 Å². The standard InChI is InChI=1S/C7H7F2IN2O2S/c1-3-4(6(8)9)2-12-7(10)5(3)15(11,13)14/h2,6H,1H3,(H2,11,13,14). The number of alkyl halides is 2. The van der Waals surface area contributed by atoms with Gasteiger partial charge in [0.15, 0.2) is 0 Å². The smallest absolute Gasteiger partial charge is 0.248 e. The maximum Gasteiger partial charge on any atom is 0.265 e. The van der Waals surface area contributed by atoms with Crippen LogP contribution in [0.25, 0.3) is 0 Å². The maximum absolute atomic E-state index is 12.4. The van der Waals surface area contributed by atoms with E-state index in [2.05, 4.69) is 4.98 Å². The van der Waals surface area contributed by atoms with Gasteiger partial charge in [0.05, 0.1) is 0 Å². The van der Waals surface area contributed by atoms with Crippen LogP contribution in [0.1, 0.15) is 17.6 Å². The molecule has 0 saturated carbocycles. The van der Waals surface area contributed by atoms with Crippen molar-refractivity contribution in [3.63, 3.8) is 0 Å². The van der Waals surface area contributed by atoms with Gasteiger partial charge in [-0.1, -0.05) is 0 Å². The molecular formula is C7H7F2IN2O2S. The van der Waals surface area contributed by atoms with E-state index in [0.29, 0.717) is 0 Å². The Bertz CT molecular complexity index is 490. The molecule has 4 nitrogen and oxygen atoms in total. The molecule has 0 bridgehead atoms. The predicted molar refractivity (Wildman–Crippen MR) is 58.0 cm³/mol.